The van der Waals surface area contributed by atoms with Crippen LogP contribution in [0.15, 0.2) is 36.5 Å². The average Bonchev–Trinajstić information content (AvgIpc) is 2.81. The topological polar surface area (TPSA) is 55.6 Å². The van der Waals surface area contributed by atoms with Gasteiger partial charge >= 0.3 is 0 Å². The molecule has 0 aliphatic heterocycles. The van der Waals surface area contributed by atoms with Crippen LogP contribution in [-0.4, -0.2) is 19.7 Å². The first kappa shape index (κ1) is 16.1. The predicted molar refractivity (Wildman–Crippen MR) is 92.1 cm³/mol. The molecule has 0 fully saturated rings. The van der Waals surface area contributed by atoms with Crippen LogP contribution in [-0.2, 0) is 7.05 Å². The van der Waals surface area contributed by atoms with Crippen molar-refractivity contribution in [2.45, 2.75) is 26.8 Å². The number of aryl methyl sites for hydroxylation is 2. The third-order valence-corrected chi connectivity index (χ3v) is 4.14. The van der Waals surface area contributed by atoms with Crippen molar-refractivity contribution in [2.75, 3.05) is 5.32 Å². The molecule has 0 radical (unpaired) electrons. The smallest absolute Gasteiger partial charge is 0.223 e. The Morgan fingerprint density at radius 2 is 1.83 bits per heavy atom. The van der Waals surface area contributed by atoms with E-state index in [1.165, 1.54) is 12.1 Å². The number of rotatable bonds is 4. The van der Waals surface area contributed by atoms with Crippen molar-refractivity contribution in [2.24, 2.45) is 7.05 Å². The molecular weight excluding hydrogens is 305 g/mol. The summed E-state index contributed by atoms with van der Waals surface area (Å²) in [5, 5.41) is 7.70. The molecule has 6 heteroatoms. The highest BCUT2D eigenvalue weighted by molar-refractivity contribution is 5.65. The fraction of sp³-hybridized carbons (Fsp3) is 0.278. The SMILES string of the molecule is Cc1nn(C)c(C)c1-c1ccnc(N[C@@H](C)c2ccc(F)cc2)n1. The van der Waals surface area contributed by atoms with E-state index in [1.54, 1.807) is 18.3 Å². The minimum Gasteiger partial charge on any atom is -0.348 e. The van der Waals surface area contributed by atoms with Crippen molar-refractivity contribution in [3.8, 4) is 11.3 Å². The lowest BCUT2D eigenvalue weighted by atomic mass is 10.1. The van der Waals surface area contributed by atoms with Gasteiger partial charge in [-0.25, -0.2) is 14.4 Å². The Hall–Kier alpha value is -2.76. The van der Waals surface area contributed by atoms with E-state index in [0.717, 1.165) is 28.2 Å². The van der Waals surface area contributed by atoms with Crippen LogP contribution in [0.2, 0.25) is 0 Å². The number of anilines is 1. The minimum absolute atomic E-state index is 0.0306. The number of nitrogens with one attached hydrogen (secondary N) is 1. The first-order valence-corrected chi connectivity index (χ1v) is 7.81. The van der Waals surface area contributed by atoms with Gasteiger partial charge in [0.05, 0.1) is 17.4 Å². The maximum Gasteiger partial charge on any atom is 0.223 e. The molecule has 0 spiro atoms. The largest absolute Gasteiger partial charge is 0.348 e. The van der Waals surface area contributed by atoms with Gasteiger partial charge in [-0.2, -0.15) is 5.10 Å². The van der Waals surface area contributed by atoms with E-state index in [2.05, 4.69) is 20.4 Å². The molecule has 0 saturated carbocycles. The van der Waals surface area contributed by atoms with Crippen LogP contribution >= 0.6 is 0 Å². The molecule has 3 aromatic rings. The Bertz CT molecular complexity index is 854. The van der Waals surface area contributed by atoms with E-state index in [0.29, 0.717) is 5.95 Å². The Labute approximate surface area is 140 Å². The number of hydrogen-bond donors (Lipinski definition) is 1. The van der Waals surface area contributed by atoms with Crippen molar-refractivity contribution in [1.82, 2.24) is 19.7 Å². The highest BCUT2D eigenvalue weighted by Crippen LogP contribution is 2.26. The molecule has 0 bridgehead atoms. The molecule has 1 atom stereocenters. The molecule has 0 saturated heterocycles. The van der Waals surface area contributed by atoms with Crippen molar-refractivity contribution >= 4 is 5.95 Å². The Morgan fingerprint density at radius 1 is 1.12 bits per heavy atom. The van der Waals surface area contributed by atoms with Crippen molar-refractivity contribution in [3.05, 3.63) is 59.3 Å². The quantitative estimate of drug-likeness (QED) is 0.792. The van der Waals surface area contributed by atoms with Gasteiger partial charge in [-0.1, -0.05) is 12.1 Å². The lowest BCUT2D eigenvalue weighted by Crippen LogP contribution is -2.09. The number of halogens is 1. The zero-order valence-electron chi connectivity index (χ0n) is 14.2. The first-order valence-electron chi connectivity index (χ1n) is 7.81. The summed E-state index contributed by atoms with van der Waals surface area (Å²) >= 11 is 0. The van der Waals surface area contributed by atoms with E-state index in [-0.39, 0.29) is 11.9 Å². The average molecular weight is 325 g/mol. The molecule has 1 aromatic carbocycles. The molecule has 124 valence electrons. The van der Waals surface area contributed by atoms with Gasteiger partial charge in [0.25, 0.3) is 0 Å². The Morgan fingerprint density at radius 3 is 2.46 bits per heavy atom. The molecule has 0 aliphatic carbocycles. The Balaban J connectivity index is 1.87. The van der Waals surface area contributed by atoms with Crippen LogP contribution in [0.25, 0.3) is 11.3 Å². The predicted octanol–water partition coefficient (Wildman–Crippen LogP) is 3.81. The van der Waals surface area contributed by atoms with Gasteiger partial charge in [-0.15, -0.1) is 0 Å². The second-order valence-electron chi connectivity index (χ2n) is 5.85. The Kier molecular flexibility index (Phi) is 4.29. The third kappa shape index (κ3) is 3.13. The molecule has 24 heavy (non-hydrogen) atoms. The molecule has 2 aromatic heterocycles. The molecule has 3 rings (SSSR count). The molecule has 0 aliphatic rings. The van der Waals surface area contributed by atoms with Crippen molar-refractivity contribution in [3.63, 3.8) is 0 Å². The highest BCUT2D eigenvalue weighted by Gasteiger charge is 2.14. The summed E-state index contributed by atoms with van der Waals surface area (Å²) in [6.45, 7) is 5.98. The zero-order chi connectivity index (χ0) is 17.3. The number of nitrogens with zero attached hydrogens (tertiary/aromatic N) is 4. The van der Waals surface area contributed by atoms with E-state index in [1.807, 2.05) is 38.6 Å². The number of benzene rings is 1. The highest BCUT2D eigenvalue weighted by atomic mass is 19.1. The van der Waals surface area contributed by atoms with Crippen molar-refractivity contribution in [1.29, 1.82) is 0 Å². The second kappa shape index (κ2) is 6.39. The monoisotopic (exact) mass is 325 g/mol. The standard InChI is InChI=1S/C18H20FN5/c1-11(14-5-7-15(19)8-6-14)21-18-20-10-9-16(22-18)17-12(2)23-24(4)13(17)3/h5-11H,1-4H3,(H,20,21,22)/t11-/m0/s1. The minimum atomic E-state index is -0.244. The van der Waals surface area contributed by atoms with Gasteiger partial charge in [0, 0.05) is 24.5 Å². The van der Waals surface area contributed by atoms with E-state index in [4.69, 9.17) is 0 Å². The van der Waals surface area contributed by atoms with Crippen LogP contribution in [0.4, 0.5) is 10.3 Å². The van der Waals surface area contributed by atoms with Gasteiger partial charge in [0.1, 0.15) is 5.82 Å². The van der Waals surface area contributed by atoms with Crippen LogP contribution in [0, 0.1) is 19.7 Å². The van der Waals surface area contributed by atoms with E-state index >= 15 is 0 Å². The van der Waals surface area contributed by atoms with E-state index < -0.39 is 0 Å². The lowest BCUT2D eigenvalue weighted by Gasteiger charge is -2.14. The van der Waals surface area contributed by atoms with Gasteiger partial charge in [-0.05, 0) is 44.5 Å². The summed E-state index contributed by atoms with van der Waals surface area (Å²) in [7, 11) is 1.92. The van der Waals surface area contributed by atoms with Gasteiger partial charge in [0.15, 0.2) is 0 Å². The van der Waals surface area contributed by atoms with Gasteiger partial charge in [0.2, 0.25) is 5.95 Å². The second-order valence-corrected chi connectivity index (χ2v) is 5.85. The number of aromatic nitrogens is 4. The first-order chi connectivity index (χ1) is 11.5. The van der Waals surface area contributed by atoms with Crippen LogP contribution in [0.3, 0.4) is 0 Å². The summed E-state index contributed by atoms with van der Waals surface area (Å²) < 4.78 is 14.9. The summed E-state index contributed by atoms with van der Waals surface area (Å²) in [6, 6.07) is 8.26. The number of hydrogen-bond acceptors (Lipinski definition) is 4. The normalized spacial score (nSPS) is 12.2. The maximum atomic E-state index is 13.0. The summed E-state index contributed by atoms with van der Waals surface area (Å²) in [5.41, 5.74) is 4.83. The summed E-state index contributed by atoms with van der Waals surface area (Å²) in [6.07, 6.45) is 1.73. The third-order valence-electron chi connectivity index (χ3n) is 4.14. The lowest BCUT2D eigenvalue weighted by molar-refractivity contribution is 0.626. The fourth-order valence-corrected chi connectivity index (χ4v) is 2.74. The fourth-order valence-electron chi connectivity index (χ4n) is 2.74. The molecule has 0 unspecified atom stereocenters. The van der Waals surface area contributed by atoms with Crippen molar-refractivity contribution < 1.29 is 4.39 Å². The molecule has 1 N–H and O–H groups in total. The zero-order valence-corrected chi connectivity index (χ0v) is 14.2. The maximum absolute atomic E-state index is 13.0. The molecule has 0 amide bonds. The molecule has 2 heterocycles. The van der Waals surface area contributed by atoms with Crippen LogP contribution < -0.4 is 5.32 Å². The molecule has 5 nitrogen and oxygen atoms in total. The van der Waals surface area contributed by atoms with Gasteiger partial charge < -0.3 is 5.32 Å². The van der Waals surface area contributed by atoms with Crippen LogP contribution in [0.5, 0.6) is 0 Å². The molecular formula is C18H20FN5. The van der Waals surface area contributed by atoms with Crippen LogP contribution in [0.1, 0.15) is 29.9 Å². The summed E-state index contributed by atoms with van der Waals surface area (Å²) in [4.78, 5) is 8.90. The van der Waals surface area contributed by atoms with E-state index in [9.17, 15) is 4.39 Å². The van der Waals surface area contributed by atoms with Gasteiger partial charge in [-0.3, -0.25) is 4.68 Å². The summed E-state index contributed by atoms with van der Waals surface area (Å²) in [5.74, 6) is 0.290.